The molecule has 1 fully saturated rings. The van der Waals surface area contributed by atoms with Gasteiger partial charge in [0.25, 0.3) is 0 Å². The van der Waals surface area contributed by atoms with Gasteiger partial charge in [0.1, 0.15) is 5.52 Å². The smallest absolute Gasteiger partial charge is 0.416 e. The summed E-state index contributed by atoms with van der Waals surface area (Å²) >= 11 is 0. The molecule has 25 heavy (non-hydrogen) atoms. The van der Waals surface area contributed by atoms with E-state index in [0.717, 1.165) is 12.1 Å². The quantitative estimate of drug-likeness (QED) is 0.783. The van der Waals surface area contributed by atoms with E-state index in [1.54, 1.807) is 10.8 Å². The van der Waals surface area contributed by atoms with Crippen LogP contribution in [0.2, 0.25) is 0 Å². The van der Waals surface area contributed by atoms with Gasteiger partial charge in [0.05, 0.1) is 11.5 Å². The van der Waals surface area contributed by atoms with E-state index in [1.165, 1.54) is 24.5 Å². The molecule has 5 nitrogen and oxygen atoms in total. The van der Waals surface area contributed by atoms with E-state index >= 15 is 0 Å². The number of carboxylic acid groups (broad SMARTS) is 1. The molecule has 0 saturated heterocycles. The van der Waals surface area contributed by atoms with Crippen molar-refractivity contribution in [3.8, 4) is 11.1 Å². The highest BCUT2D eigenvalue weighted by Gasteiger charge is 2.45. The standard InChI is InChI=1S/C17H12F3N3O2/c18-17(19,20)10-3-1-9(2-4-10)12-8-23(13-7-11(13)16(24)25)15-14(12)21-5-6-22-15/h1-6,8,11,13H,7H2,(H,24,25)/t11-,13-/m1/s1. The van der Waals surface area contributed by atoms with Gasteiger partial charge in [0, 0.05) is 30.2 Å². The Balaban J connectivity index is 1.79. The highest BCUT2D eigenvalue weighted by molar-refractivity contribution is 5.91. The van der Waals surface area contributed by atoms with E-state index in [-0.39, 0.29) is 6.04 Å². The average Bonchev–Trinajstić information content (AvgIpc) is 3.29. The fraction of sp³-hybridized carbons (Fsp3) is 0.235. The van der Waals surface area contributed by atoms with Crippen LogP contribution >= 0.6 is 0 Å². The van der Waals surface area contributed by atoms with Crippen molar-refractivity contribution in [3.63, 3.8) is 0 Å². The lowest BCUT2D eigenvalue weighted by Crippen LogP contribution is -2.04. The number of halogens is 3. The molecule has 3 aromatic rings. The molecule has 0 spiro atoms. The van der Waals surface area contributed by atoms with Crippen LogP contribution in [0.4, 0.5) is 13.2 Å². The average molecular weight is 347 g/mol. The fourth-order valence-corrected chi connectivity index (χ4v) is 3.03. The van der Waals surface area contributed by atoms with Crippen molar-refractivity contribution in [2.75, 3.05) is 0 Å². The number of hydrogen-bond donors (Lipinski definition) is 1. The molecule has 1 N–H and O–H groups in total. The van der Waals surface area contributed by atoms with Gasteiger partial charge in [0.15, 0.2) is 5.65 Å². The Morgan fingerprint density at radius 2 is 1.84 bits per heavy atom. The van der Waals surface area contributed by atoms with Gasteiger partial charge in [-0.3, -0.25) is 9.78 Å². The third kappa shape index (κ3) is 2.63. The zero-order valence-corrected chi connectivity index (χ0v) is 12.7. The summed E-state index contributed by atoms with van der Waals surface area (Å²) < 4.78 is 39.9. The lowest BCUT2D eigenvalue weighted by Gasteiger charge is -2.07. The third-order valence-corrected chi connectivity index (χ3v) is 4.40. The Morgan fingerprint density at radius 3 is 2.44 bits per heavy atom. The number of fused-ring (bicyclic) bond motifs is 1. The zero-order valence-electron chi connectivity index (χ0n) is 12.7. The number of aromatic nitrogens is 3. The predicted molar refractivity (Wildman–Crippen MR) is 82.7 cm³/mol. The molecule has 128 valence electrons. The molecular weight excluding hydrogens is 335 g/mol. The maximum atomic E-state index is 12.7. The van der Waals surface area contributed by atoms with Crippen molar-refractivity contribution in [2.45, 2.75) is 18.6 Å². The molecule has 2 atom stereocenters. The molecule has 0 aliphatic heterocycles. The molecule has 2 aromatic heterocycles. The number of benzene rings is 1. The summed E-state index contributed by atoms with van der Waals surface area (Å²) in [5.74, 6) is -1.34. The first-order valence-electron chi connectivity index (χ1n) is 7.58. The Bertz CT molecular complexity index is 963. The topological polar surface area (TPSA) is 68.0 Å². The summed E-state index contributed by atoms with van der Waals surface area (Å²) in [6.07, 6.45) is 0.841. The van der Waals surface area contributed by atoms with Crippen LogP contribution in [-0.4, -0.2) is 25.6 Å². The van der Waals surface area contributed by atoms with E-state index in [4.69, 9.17) is 5.11 Å². The fourth-order valence-electron chi connectivity index (χ4n) is 3.03. The largest absolute Gasteiger partial charge is 0.481 e. The summed E-state index contributed by atoms with van der Waals surface area (Å²) in [6.45, 7) is 0. The van der Waals surface area contributed by atoms with Crippen LogP contribution in [0.5, 0.6) is 0 Å². The zero-order chi connectivity index (χ0) is 17.8. The van der Waals surface area contributed by atoms with Gasteiger partial charge in [-0.2, -0.15) is 13.2 Å². The summed E-state index contributed by atoms with van der Waals surface area (Å²) in [4.78, 5) is 19.7. The van der Waals surface area contributed by atoms with Gasteiger partial charge < -0.3 is 9.67 Å². The number of carbonyl (C=O) groups is 1. The molecule has 0 unspecified atom stereocenters. The van der Waals surface area contributed by atoms with Crippen LogP contribution in [0.25, 0.3) is 22.3 Å². The minimum atomic E-state index is -4.39. The third-order valence-electron chi connectivity index (χ3n) is 4.40. The number of aliphatic carboxylic acids is 1. The molecular formula is C17H12F3N3O2. The SMILES string of the molecule is O=C(O)[C@@H]1C[C@H]1n1cc(-c2ccc(C(F)(F)F)cc2)c2nccnc21. The van der Waals surface area contributed by atoms with Gasteiger partial charge >= 0.3 is 12.1 Å². The first-order valence-corrected chi connectivity index (χ1v) is 7.58. The lowest BCUT2D eigenvalue weighted by atomic mass is 10.1. The summed E-state index contributed by atoms with van der Waals surface area (Å²) in [6, 6.07) is 4.61. The second kappa shape index (κ2) is 5.30. The Hall–Kier alpha value is -2.90. The molecule has 1 aliphatic rings. The van der Waals surface area contributed by atoms with Crippen LogP contribution in [0.3, 0.4) is 0 Å². The van der Waals surface area contributed by atoms with Crippen LogP contribution in [0.15, 0.2) is 42.9 Å². The van der Waals surface area contributed by atoms with E-state index in [2.05, 4.69) is 9.97 Å². The number of carboxylic acids is 1. The first-order chi connectivity index (χ1) is 11.9. The summed E-state index contributed by atoms with van der Waals surface area (Å²) in [5.41, 5.74) is 1.56. The Morgan fingerprint density at radius 1 is 1.16 bits per heavy atom. The Labute approximate surface area is 139 Å². The van der Waals surface area contributed by atoms with Gasteiger partial charge in [-0.1, -0.05) is 12.1 Å². The first kappa shape index (κ1) is 15.6. The minimum absolute atomic E-state index is 0.208. The summed E-state index contributed by atoms with van der Waals surface area (Å²) in [5, 5.41) is 9.13. The van der Waals surface area contributed by atoms with Gasteiger partial charge in [0.2, 0.25) is 0 Å². The number of hydrogen-bond acceptors (Lipinski definition) is 3. The number of alkyl halides is 3. The normalized spacial score (nSPS) is 20.0. The molecule has 1 aliphatic carbocycles. The van der Waals surface area contributed by atoms with E-state index in [0.29, 0.717) is 28.7 Å². The molecule has 2 heterocycles. The predicted octanol–water partition coefficient (Wildman–Crippen LogP) is 3.76. The van der Waals surface area contributed by atoms with Crippen molar-refractivity contribution >= 4 is 17.1 Å². The van der Waals surface area contributed by atoms with Crippen molar-refractivity contribution in [2.24, 2.45) is 5.92 Å². The van der Waals surface area contributed by atoms with E-state index in [1.807, 2.05) is 0 Å². The van der Waals surface area contributed by atoms with Crippen LogP contribution in [-0.2, 0) is 11.0 Å². The summed E-state index contributed by atoms with van der Waals surface area (Å²) in [7, 11) is 0. The Kier molecular flexibility index (Phi) is 3.31. The second-order valence-corrected chi connectivity index (χ2v) is 6.00. The van der Waals surface area contributed by atoms with Crippen molar-refractivity contribution < 1.29 is 23.1 Å². The van der Waals surface area contributed by atoms with Gasteiger partial charge in [-0.05, 0) is 24.1 Å². The van der Waals surface area contributed by atoms with Crippen LogP contribution in [0, 0.1) is 5.92 Å². The molecule has 0 radical (unpaired) electrons. The molecule has 0 amide bonds. The number of nitrogens with zero attached hydrogens (tertiary/aromatic N) is 3. The van der Waals surface area contributed by atoms with Gasteiger partial charge in [-0.25, -0.2) is 4.98 Å². The van der Waals surface area contributed by atoms with Crippen LogP contribution in [0.1, 0.15) is 18.0 Å². The van der Waals surface area contributed by atoms with Crippen molar-refractivity contribution in [1.29, 1.82) is 0 Å². The maximum Gasteiger partial charge on any atom is 0.416 e. The highest BCUT2D eigenvalue weighted by Crippen LogP contribution is 2.46. The maximum absolute atomic E-state index is 12.7. The van der Waals surface area contributed by atoms with Crippen molar-refractivity contribution in [1.82, 2.24) is 14.5 Å². The second-order valence-electron chi connectivity index (χ2n) is 6.00. The monoisotopic (exact) mass is 347 g/mol. The van der Waals surface area contributed by atoms with Crippen molar-refractivity contribution in [3.05, 3.63) is 48.4 Å². The van der Waals surface area contributed by atoms with Gasteiger partial charge in [-0.15, -0.1) is 0 Å². The molecule has 1 saturated carbocycles. The minimum Gasteiger partial charge on any atom is -0.481 e. The molecule has 8 heteroatoms. The number of rotatable bonds is 3. The molecule has 4 rings (SSSR count). The van der Waals surface area contributed by atoms with Crippen LogP contribution < -0.4 is 0 Å². The molecule has 1 aromatic carbocycles. The lowest BCUT2D eigenvalue weighted by molar-refractivity contribution is -0.139. The van der Waals surface area contributed by atoms with E-state index < -0.39 is 23.6 Å². The molecule has 0 bridgehead atoms. The van der Waals surface area contributed by atoms with E-state index in [9.17, 15) is 18.0 Å². The highest BCUT2D eigenvalue weighted by atomic mass is 19.4.